The number of ether oxygens (including phenoxy) is 1. The van der Waals surface area contributed by atoms with Crippen molar-refractivity contribution in [1.29, 1.82) is 0 Å². The van der Waals surface area contributed by atoms with Crippen molar-refractivity contribution >= 4 is 23.5 Å². The van der Waals surface area contributed by atoms with Gasteiger partial charge in [-0.25, -0.2) is 0 Å². The lowest BCUT2D eigenvalue weighted by atomic mass is 10.0. The second kappa shape index (κ2) is 10.2. The van der Waals surface area contributed by atoms with Crippen LogP contribution in [0.5, 0.6) is 0 Å². The second-order valence-electron chi connectivity index (χ2n) is 7.56. The third-order valence-electron chi connectivity index (χ3n) is 4.68. The molecule has 1 saturated heterocycles. The van der Waals surface area contributed by atoms with E-state index >= 15 is 0 Å². The van der Waals surface area contributed by atoms with E-state index in [-0.39, 0.29) is 24.2 Å². The number of benzene rings is 1. The van der Waals surface area contributed by atoms with E-state index in [1.54, 1.807) is 31.2 Å². The molecular formula is C21H29N3O5. The molecule has 1 aliphatic heterocycles. The standard InChI is InChI=1S/C21H29N3O5/c1-5-22-19(26)14-6-8-15(9-7-14)20(27)23-16(10-12(2)3)21(28)24-18-13(4)29-11-17(18)25/h6-9,12-13,16,18H,5,10-11H2,1-4H3,(H,22,26)(H,23,27)(H,24,28)/t13-,16+,18+/m1/s1. The minimum Gasteiger partial charge on any atom is -0.368 e. The normalized spacial score (nSPS) is 19.7. The number of amides is 3. The third kappa shape index (κ3) is 6.12. The summed E-state index contributed by atoms with van der Waals surface area (Å²) in [5, 5.41) is 8.13. The van der Waals surface area contributed by atoms with Crippen molar-refractivity contribution in [3.05, 3.63) is 35.4 Å². The number of Topliss-reactive ketones (excluding diaryl/α,β-unsaturated/α-hetero) is 1. The Hall–Kier alpha value is -2.74. The zero-order chi connectivity index (χ0) is 21.6. The average Bonchev–Trinajstić information content (AvgIpc) is 2.99. The van der Waals surface area contributed by atoms with Crippen molar-refractivity contribution in [2.45, 2.75) is 52.3 Å². The Morgan fingerprint density at radius 3 is 2.17 bits per heavy atom. The lowest BCUT2D eigenvalue weighted by Crippen LogP contribution is -2.53. The Morgan fingerprint density at radius 1 is 1.10 bits per heavy atom. The molecule has 3 amide bonds. The smallest absolute Gasteiger partial charge is 0.251 e. The molecule has 2 rings (SSSR count). The Morgan fingerprint density at radius 2 is 1.69 bits per heavy atom. The SMILES string of the molecule is CCNC(=O)c1ccc(C(=O)N[C@@H](CC(C)C)C(=O)N[C@@H]2C(=O)CO[C@@H]2C)cc1. The van der Waals surface area contributed by atoms with Crippen LogP contribution in [0.15, 0.2) is 24.3 Å². The Balaban J connectivity index is 2.06. The summed E-state index contributed by atoms with van der Waals surface area (Å²) >= 11 is 0. The molecule has 0 radical (unpaired) electrons. The molecule has 1 fully saturated rings. The highest BCUT2D eigenvalue weighted by atomic mass is 16.5. The van der Waals surface area contributed by atoms with Crippen LogP contribution in [0.25, 0.3) is 0 Å². The number of hydrogen-bond donors (Lipinski definition) is 3. The van der Waals surface area contributed by atoms with E-state index in [1.807, 2.05) is 20.8 Å². The Bertz CT molecular complexity index is 760. The molecule has 158 valence electrons. The summed E-state index contributed by atoms with van der Waals surface area (Å²) < 4.78 is 5.25. The second-order valence-corrected chi connectivity index (χ2v) is 7.56. The molecule has 1 aromatic rings. The van der Waals surface area contributed by atoms with Crippen LogP contribution in [0.2, 0.25) is 0 Å². The molecule has 0 spiro atoms. The predicted molar refractivity (Wildman–Crippen MR) is 108 cm³/mol. The van der Waals surface area contributed by atoms with Crippen molar-refractivity contribution in [2.24, 2.45) is 5.92 Å². The van der Waals surface area contributed by atoms with Crippen LogP contribution in [0.1, 0.15) is 54.8 Å². The molecule has 0 saturated carbocycles. The van der Waals surface area contributed by atoms with Gasteiger partial charge in [-0.05, 0) is 50.5 Å². The first kappa shape index (κ1) is 22.5. The highest BCUT2D eigenvalue weighted by Crippen LogP contribution is 2.12. The molecule has 3 atom stereocenters. The van der Waals surface area contributed by atoms with Crippen LogP contribution in [-0.4, -0.2) is 54.8 Å². The summed E-state index contributed by atoms with van der Waals surface area (Å²) in [6.07, 6.45) is 0.0220. The first-order valence-electron chi connectivity index (χ1n) is 9.86. The largest absolute Gasteiger partial charge is 0.368 e. The highest BCUT2D eigenvalue weighted by molar-refractivity contribution is 6.00. The van der Waals surface area contributed by atoms with Gasteiger partial charge in [-0.15, -0.1) is 0 Å². The number of carbonyl (C=O) groups is 4. The van der Waals surface area contributed by atoms with Crippen LogP contribution in [-0.2, 0) is 14.3 Å². The topological polar surface area (TPSA) is 114 Å². The van der Waals surface area contributed by atoms with E-state index in [4.69, 9.17) is 4.74 Å². The van der Waals surface area contributed by atoms with Gasteiger partial charge in [0.15, 0.2) is 5.78 Å². The molecule has 1 aromatic carbocycles. The number of rotatable bonds is 8. The van der Waals surface area contributed by atoms with Gasteiger partial charge in [0.2, 0.25) is 5.91 Å². The summed E-state index contributed by atoms with van der Waals surface area (Å²) in [6.45, 7) is 7.93. The molecule has 0 aliphatic carbocycles. The zero-order valence-corrected chi connectivity index (χ0v) is 17.3. The molecular weight excluding hydrogens is 374 g/mol. The first-order chi connectivity index (χ1) is 13.7. The molecule has 1 heterocycles. The summed E-state index contributed by atoms with van der Waals surface area (Å²) in [6, 6.07) is 4.72. The fourth-order valence-corrected chi connectivity index (χ4v) is 3.09. The van der Waals surface area contributed by atoms with Gasteiger partial charge in [-0.3, -0.25) is 19.2 Å². The predicted octanol–water partition coefficient (Wildman–Crippen LogP) is 1.05. The molecule has 8 heteroatoms. The van der Waals surface area contributed by atoms with Crippen LogP contribution < -0.4 is 16.0 Å². The fraction of sp³-hybridized carbons (Fsp3) is 0.524. The van der Waals surface area contributed by atoms with Crippen molar-refractivity contribution < 1.29 is 23.9 Å². The van der Waals surface area contributed by atoms with E-state index in [0.717, 1.165) is 0 Å². The molecule has 1 aliphatic rings. The maximum atomic E-state index is 12.7. The van der Waals surface area contributed by atoms with E-state index in [0.29, 0.717) is 24.1 Å². The summed E-state index contributed by atoms with van der Waals surface area (Å²) in [5.74, 6) is -1.08. The minimum absolute atomic E-state index is 0.0225. The van der Waals surface area contributed by atoms with Crippen LogP contribution in [0.3, 0.4) is 0 Å². The van der Waals surface area contributed by atoms with Crippen LogP contribution in [0.4, 0.5) is 0 Å². The maximum absolute atomic E-state index is 12.7. The van der Waals surface area contributed by atoms with Gasteiger partial charge in [-0.2, -0.15) is 0 Å². The van der Waals surface area contributed by atoms with Gasteiger partial charge in [0.25, 0.3) is 11.8 Å². The summed E-state index contributed by atoms with van der Waals surface area (Å²) in [5.41, 5.74) is 0.793. The van der Waals surface area contributed by atoms with Gasteiger partial charge in [-0.1, -0.05) is 13.8 Å². The van der Waals surface area contributed by atoms with Crippen molar-refractivity contribution in [3.63, 3.8) is 0 Å². The maximum Gasteiger partial charge on any atom is 0.251 e. The monoisotopic (exact) mass is 403 g/mol. The summed E-state index contributed by atoms with van der Waals surface area (Å²) in [7, 11) is 0. The molecule has 8 nitrogen and oxygen atoms in total. The molecule has 0 unspecified atom stereocenters. The van der Waals surface area contributed by atoms with E-state index in [9.17, 15) is 19.2 Å². The number of ketones is 1. The van der Waals surface area contributed by atoms with Gasteiger partial charge < -0.3 is 20.7 Å². The van der Waals surface area contributed by atoms with Crippen molar-refractivity contribution in [2.75, 3.05) is 13.2 Å². The van der Waals surface area contributed by atoms with Gasteiger partial charge in [0.05, 0.1) is 6.10 Å². The number of nitrogens with one attached hydrogen (secondary N) is 3. The van der Waals surface area contributed by atoms with Gasteiger partial charge >= 0.3 is 0 Å². The third-order valence-corrected chi connectivity index (χ3v) is 4.68. The lowest BCUT2D eigenvalue weighted by molar-refractivity contribution is -0.127. The fourth-order valence-electron chi connectivity index (χ4n) is 3.09. The number of hydrogen-bond acceptors (Lipinski definition) is 5. The summed E-state index contributed by atoms with van der Waals surface area (Å²) in [4.78, 5) is 49.1. The van der Waals surface area contributed by atoms with Crippen molar-refractivity contribution in [3.8, 4) is 0 Å². The van der Waals surface area contributed by atoms with E-state index in [2.05, 4.69) is 16.0 Å². The minimum atomic E-state index is -0.786. The lowest BCUT2D eigenvalue weighted by Gasteiger charge is -2.23. The molecule has 29 heavy (non-hydrogen) atoms. The van der Waals surface area contributed by atoms with Gasteiger partial charge in [0, 0.05) is 17.7 Å². The van der Waals surface area contributed by atoms with Crippen LogP contribution >= 0.6 is 0 Å². The van der Waals surface area contributed by atoms with Gasteiger partial charge in [0.1, 0.15) is 18.7 Å². The molecule has 3 N–H and O–H groups in total. The Kier molecular flexibility index (Phi) is 7.90. The first-order valence-corrected chi connectivity index (χ1v) is 9.86. The Labute approximate surface area is 170 Å². The molecule has 0 aromatic heterocycles. The van der Waals surface area contributed by atoms with E-state index < -0.39 is 30.0 Å². The number of carbonyl (C=O) groups excluding carboxylic acids is 4. The van der Waals surface area contributed by atoms with E-state index in [1.165, 1.54) is 0 Å². The van der Waals surface area contributed by atoms with Crippen molar-refractivity contribution in [1.82, 2.24) is 16.0 Å². The quantitative estimate of drug-likeness (QED) is 0.600. The van der Waals surface area contributed by atoms with Crippen LogP contribution in [0, 0.1) is 5.92 Å². The average molecular weight is 403 g/mol. The zero-order valence-electron chi connectivity index (χ0n) is 17.3. The highest BCUT2D eigenvalue weighted by Gasteiger charge is 2.35. The molecule has 0 bridgehead atoms.